The predicted octanol–water partition coefficient (Wildman–Crippen LogP) is -6.72. The summed E-state index contributed by atoms with van der Waals surface area (Å²) in [7, 11) is 0. The van der Waals surface area contributed by atoms with Gasteiger partial charge in [-0.25, -0.2) is 9.78 Å². The predicted molar refractivity (Wildman–Crippen MR) is 266 cm³/mol. The van der Waals surface area contributed by atoms with Crippen LogP contribution in [0.2, 0.25) is 0 Å². The van der Waals surface area contributed by atoms with Crippen molar-refractivity contribution in [3.63, 3.8) is 0 Å². The number of carboxylic acids is 1. The molecule has 2 heterocycles. The molecule has 29 nitrogen and oxygen atoms in total. The van der Waals surface area contributed by atoms with Crippen LogP contribution >= 0.6 is 0 Å². The van der Waals surface area contributed by atoms with Crippen molar-refractivity contribution in [3.05, 3.63) is 30.0 Å². The van der Waals surface area contributed by atoms with Gasteiger partial charge in [0.2, 0.25) is 47.3 Å². The van der Waals surface area contributed by atoms with Crippen molar-refractivity contribution in [1.29, 1.82) is 0 Å². The number of likely N-dealkylation sites (tertiary alicyclic amines) is 1. The van der Waals surface area contributed by atoms with Crippen molar-refractivity contribution >= 4 is 59.2 Å². The second-order valence-electron chi connectivity index (χ2n) is 17.6. The number of aliphatic hydroxyl groups excluding tert-OH is 1. The summed E-state index contributed by atoms with van der Waals surface area (Å²) in [4.78, 5) is 132. The number of aliphatic imine (C=N–C) groups is 1. The molecule has 0 saturated carbocycles. The molecule has 1 saturated heterocycles. The molecule has 0 radical (unpaired) electrons. The van der Waals surface area contributed by atoms with Crippen molar-refractivity contribution in [2.75, 3.05) is 39.3 Å². The van der Waals surface area contributed by atoms with Gasteiger partial charge >= 0.3 is 5.97 Å². The van der Waals surface area contributed by atoms with Crippen LogP contribution in [0.15, 0.2) is 29.3 Å². The molecule has 24 N–H and O–H groups in total. The summed E-state index contributed by atoms with van der Waals surface area (Å²) >= 11 is 0. The second kappa shape index (κ2) is 33.0. The Hall–Kier alpha value is -6.79. The minimum Gasteiger partial charge on any atom is -0.477 e. The van der Waals surface area contributed by atoms with Crippen LogP contribution in [0, 0.1) is 0 Å². The van der Waals surface area contributed by atoms with Gasteiger partial charge in [0.1, 0.15) is 41.9 Å². The number of guanidine groups is 1. The number of nitrogens with two attached hydrogens (primary N) is 7. The topological polar surface area (TPSA) is 505 Å². The molecule has 0 spiro atoms. The first-order valence-corrected chi connectivity index (χ1v) is 24.3. The number of aromatic amines is 1. The van der Waals surface area contributed by atoms with Crippen LogP contribution in [0.3, 0.4) is 0 Å². The lowest BCUT2D eigenvalue weighted by Crippen LogP contribution is -2.62. The normalized spacial score (nSPS) is 16.7. The SMILES string of the molecule is C[C@H](NC(=O)[C@@H](NC(=O)[C@@H](N)CCCCN)[C@@H](O)[C@@H](C)N)C(=O)NCC(=O)N[C@H](CCCN)C(=O)N1CCC[C@H]1C(=O)N[C@@H](Cc1cnc[nH]1)C(=O)N[C@@H](CCCCN)C(=O)N/C(=C\CCN=C(N)N)C(=O)O. The van der Waals surface area contributed by atoms with E-state index in [9.17, 15) is 53.4 Å². The molecule has 1 aromatic rings. The van der Waals surface area contributed by atoms with Gasteiger partial charge in [-0.15, -0.1) is 0 Å². The number of carboxylic acid groups (broad SMARTS) is 1. The van der Waals surface area contributed by atoms with Gasteiger partial charge < -0.3 is 97.5 Å². The van der Waals surface area contributed by atoms with Crippen molar-refractivity contribution in [1.82, 2.24) is 52.1 Å². The van der Waals surface area contributed by atoms with E-state index in [2.05, 4.69) is 52.2 Å². The van der Waals surface area contributed by atoms with Crippen molar-refractivity contribution in [2.24, 2.45) is 45.1 Å². The standard InChI is InChI=1S/C44H78N18O11/c1-24(48)35(64)34(61-37(66)27(49)10-3-5-15-45)41(70)56-25(2)36(65)54-22-33(63)57-29(12-7-17-47)42(71)62-19-9-14-32(62)40(69)60-31(20-26-21-52-23-55-26)39(68)58-28(11-4-6-16-46)38(67)59-30(43(72)73)13-8-18-53-44(50)51/h13,21,23-25,27-29,31-32,34-35,64H,3-12,14-20,22,45-49H2,1-2H3,(H,52,55)(H,54,65)(H,56,70)(H,57,63)(H,58,68)(H,59,67)(H,60,69)(H,61,66)(H,72,73)(H4,50,51,53)/b30-13-/t24-,25+,27+,28+,29-,31+,32+,34+,35+/m1/s1. The molecule has 73 heavy (non-hydrogen) atoms. The summed E-state index contributed by atoms with van der Waals surface area (Å²) in [5.74, 6) is -8.01. The maximum Gasteiger partial charge on any atom is 0.352 e. The lowest BCUT2D eigenvalue weighted by Gasteiger charge is -2.30. The molecule has 1 fully saturated rings. The molecule has 0 aromatic carbocycles. The molecular weight excluding hydrogens is 957 g/mol. The Morgan fingerprint density at radius 2 is 1.47 bits per heavy atom. The number of carbonyl (C=O) groups excluding carboxylic acids is 8. The molecule has 1 aromatic heterocycles. The average Bonchev–Trinajstić information content (AvgIpc) is 4.06. The Morgan fingerprint density at radius 1 is 0.808 bits per heavy atom. The van der Waals surface area contributed by atoms with E-state index < -0.39 is 120 Å². The number of carbonyl (C=O) groups is 9. The van der Waals surface area contributed by atoms with E-state index in [-0.39, 0.29) is 77.1 Å². The highest BCUT2D eigenvalue weighted by molar-refractivity contribution is 5.99. The highest BCUT2D eigenvalue weighted by Gasteiger charge is 2.40. The monoisotopic (exact) mass is 1030 g/mol. The number of imidazole rings is 1. The summed E-state index contributed by atoms with van der Waals surface area (Å²) in [5, 5.41) is 37.8. The van der Waals surface area contributed by atoms with Gasteiger partial charge in [-0.3, -0.25) is 43.3 Å². The van der Waals surface area contributed by atoms with E-state index in [4.69, 9.17) is 40.1 Å². The van der Waals surface area contributed by atoms with Crippen LogP contribution in [0.25, 0.3) is 0 Å². The molecule has 8 amide bonds. The molecular formula is C44H78N18O11. The smallest absolute Gasteiger partial charge is 0.352 e. The third kappa shape index (κ3) is 22.3. The van der Waals surface area contributed by atoms with Gasteiger partial charge in [-0.05, 0) is 97.7 Å². The molecule has 9 atom stereocenters. The van der Waals surface area contributed by atoms with Crippen LogP contribution in [0.1, 0.15) is 90.2 Å². The van der Waals surface area contributed by atoms with Gasteiger partial charge in [-0.1, -0.05) is 12.5 Å². The average molecular weight is 1040 g/mol. The molecule has 1 aliphatic rings. The maximum atomic E-state index is 14.2. The fraction of sp³-hybridized carbons (Fsp3) is 0.659. The van der Waals surface area contributed by atoms with E-state index in [1.54, 1.807) is 0 Å². The minimum atomic E-state index is -1.59. The molecule has 1 aliphatic heterocycles. The number of aromatic nitrogens is 2. The Labute approximate surface area is 423 Å². The lowest BCUT2D eigenvalue weighted by atomic mass is 10.0. The maximum absolute atomic E-state index is 14.2. The first-order chi connectivity index (χ1) is 34.6. The van der Waals surface area contributed by atoms with Crippen molar-refractivity contribution in [2.45, 2.75) is 145 Å². The number of rotatable bonds is 34. The van der Waals surface area contributed by atoms with E-state index in [0.717, 1.165) is 0 Å². The first kappa shape index (κ1) is 62.3. The van der Waals surface area contributed by atoms with E-state index >= 15 is 0 Å². The molecule has 0 unspecified atom stereocenters. The molecule has 29 heteroatoms. The summed E-state index contributed by atoms with van der Waals surface area (Å²) in [6.07, 6.45) is 5.54. The Morgan fingerprint density at radius 3 is 2.07 bits per heavy atom. The van der Waals surface area contributed by atoms with Gasteiger partial charge in [0, 0.05) is 37.4 Å². The number of hydrogen-bond donors (Lipinski definition) is 17. The largest absolute Gasteiger partial charge is 0.477 e. The van der Waals surface area contributed by atoms with Gasteiger partial charge in [0.05, 0.1) is 25.0 Å². The molecule has 0 aliphatic carbocycles. The van der Waals surface area contributed by atoms with E-state index in [1.807, 2.05) is 0 Å². The summed E-state index contributed by atoms with van der Waals surface area (Å²) < 4.78 is 0. The Balaban J connectivity index is 2.21. The third-order valence-corrected chi connectivity index (χ3v) is 11.6. The molecule has 0 bridgehead atoms. The summed E-state index contributed by atoms with van der Waals surface area (Å²) in [6, 6.07) is -9.82. The van der Waals surface area contributed by atoms with Gasteiger partial charge in [0.25, 0.3) is 0 Å². The number of aliphatic hydroxyl groups is 1. The number of amides is 8. The fourth-order valence-corrected chi connectivity index (χ4v) is 7.47. The van der Waals surface area contributed by atoms with Crippen LogP contribution in [0.4, 0.5) is 0 Å². The second-order valence-corrected chi connectivity index (χ2v) is 17.6. The Bertz CT molecular complexity index is 2030. The lowest BCUT2D eigenvalue weighted by molar-refractivity contribution is -0.142. The molecule has 2 rings (SSSR count). The fourth-order valence-electron chi connectivity index (χ4n) is 7.47. The van der Waals surface area contributed by atoms with Gasteiger partial charge in [-0.2, -0.15) is 0 Å². The number of H-pyrrole nitrogens is 1. The number of unbranched alkanes of at least 4 members (excludes halogenated alkanes) is 2. The number of hydrogen-bond acceptors (Lipinski definition) is 17. The molecule has 410 valence electrons. The van der Waals surface area contributed by atoms with Crippen LogP contribution in [0.5, 0.6) is 0 Å². The zero-order valence-electron chi connectivity index (χ0n) is 41.6. The number of nitrogens with one attached hydrogen (secondary N) is 8. The van der Waals surface area contributed by atoms with Gasteiger partial charge in [0.15, 0.2) is 5.96 Å². The number of nitrogens with zero attached hydrogens (tertiary/aromatic N) is 3. The zero-order chi connectivity index (χ0) is 54.6. The summed E-state index contributed by atoms with van der Waals surface area (Å²) in [6.45, 7) is 3.01. The first-order valence-electron chi connectivity index (χ1n) is 24.3. The van der Waals surface area contributed by atoms with Crippen LogP contribution in [-0.4, -0.2) is 178 Å². The zero-order valence-corrected chi connectivity index (χ0v) is 41.6. The van der Waals surface area contributed by atoms with E-state index in [1.165, 1.54) is 37.3 Å². The minimum absolute atomic E-state index is 0.0421. The van der Waals surface area contributed by atoms with Crippen molar-refractivity contribution in [3.8, 4) is 0 Å². The van der Waals surface area contributed by atoms with E-state index in [0.29, 0.717) is 44.3 Å². The highest BCUT2D eigenvalue weighted by atomic mass is 16.4. The highest BCUT2D eigenvalue weighted by Crippen LogP contribution is 2.20. The van der Waals surface area contributed by atoms with Crippen molar-refractivity contribution < 1.29 is 53.4 Å². The van der Waals surface area contributed by atoms with Crippen LogP contribution in [-0.2, 0) is 49.6 Å². The third-order valence-electron chi connectivity index (χ3n) is 11.6. The Kier molecular flexibility index (Phi) is 28.2. The quantitative estimate of drug-likeness (QED) is 0.0132. The van der Waals surface area contributed by atoms with Crippen LogP contribution < -0.4 is 77.4 Å². The summed E-state index contributed by atoms with van der Waals surface area (Å²) in [5.41, 5.74) is 39.3. The number of aliphatic carboxylic acids is 1.